The van der Waals surface area contributed by atoms with E-state index in [2.05, 4.69) is 10.1 Å². The van der Waals surface area contributed by atoms with Gasteiger partial charge in [-0.15, -0.1) is 0 Å². The molecule has 2 aromatic rings. The zero-order valence-electron chi connectivity index (χ0n) is 9.94. The number of hydrogen-bond acceptors (Lipinski definition) is 6. The van der Waals surface area contributed by atoms with Crippen LogP contribution in [0, 0.1) is 21.4 Å². The summed E-state index contributed by atoms with van der Waals surface area (Å²) in [6, 6.07) is 8.07. The van der Waals surface area contributed by atoms with Gasteiger partial charge in [0.1, 0.15) is 0 Å². The van der Waals surface area contributed by atoms with Gasteiger partial charge in [0.25, 0.3) is 5.69 Å². The fraction of sp³-hybridized carbons (Fsp3) is 0.250. The molecule has 0 spiro atoms. The highest BCUT2D eigenvalue weighted by Gasteiger charge is 2.12. The first-order valence-electron chi connectivity index (χ1n) is 5.65. The fourth-order valence-corrected chi connectivity index (χ4v) is 1.55. The number of rotatable bonds is 5. The minimum atomic E-state index is -0.475. The minimum Gasteiger partial charge on any atom is -0.339 e. The summed E-state index contributed by atoms with van der Waals surface area (Å²) in [4.78, 5) is 14.3. The van der Waals surface area contributed by atoms with Gasteiger partial charge in [0.15, 0.2) is 0 Å². The fourth-order valence-electron chi connectivity index (χ4n) is 1.55. The standard InChI is InChI=1S/C12H10N4O3/c13-7-2-1-6-11-14-12(15-19-11)9-4-3-5-10(8-9)16(17)18/h3-5,8H,1-2,6H2. The highest BCUT2D eigenvalue weighted by molar-refractivity contribution is 5.58. The Kier molecular flexibility index (Phi) is 3.83. The Bertz CT molecular complexity index is 630. The van der Waals surface area contributed by atoms with Crippen molar-refractivity contribution in [1.82, 2.24) is 10.1 Å². The topological polar surface area (TPSA) is 106 Å². The molecule has 7 heteroatoms. The smallest absolute Gasteiger partial charge is 0.270 e. The van der Waals surface area contributed by atoms with Crippen molar-refractivity contribution in [2.75, 3.05) is 0 Å². The van der Waals surface area contributed by atoms with Gasteiger partial charge in [-0.25, -0.2) is 0 Å². The largest absolute Gasteiger partial charge is 0.339 e. The second-order valence-corrected chi connectivity index (χ2v) is 3.83. The van der Waals surface area contributed by atoms with Gasteiger partial charge in [-0.3, -0.25) is 10.1 Å². The third-order valence-corrected chi connectivity index (χ3v) is 2.46. The average molecular weight is 258 g/mol. The molecule has 0 atom stereocenters. The van der Waals surface area contributed by atoms with Gasteiger partial charge in [-0.2, -0.15) is 10.2 Å². The van der Waals surface area contributed by atoms with E-state index in [4.69, 9.17) is 9.78 Å². The molecule has 0 aliphatic carbocycles. The summed E-state index contributed by atoms with van der Waals surface area (Å²) in [5.41, 5.74) is 0.512. The third-order valence-electron chi connectivity index (χ3n) is 2.46. The van der Waals surface area contributed by atoms with E-state index < -0.39 is 4.92 Å². The molecule has 0 amide bonds. The van der Waals surface area contributed by atoms with Gasteiger partial charge in [0.2, 0.25) is 11.7 Å². The second-order valence-electron chi connectivity index (χ2n) is 3.83. The molecule has 0 aliphatic heterocycles. The van der Waals surface area contributed by atoms with E-state index in [9.17, 15) is 10.1 Å². The lowest BCUT2D eigenvalue weighted by Crippen LogP contribution is -1.89. The van der Waals surface area contributed by atoms with E-state index in [0.717, 1.165) is 0 Å². The van der Waals surface area contributed by atoms with Crippen LogP contribution < -0.4 is 0 Å². The van der Waals surface area contributed by atoms with Crippen LogP contribution in [0.15, 0.2) is 28.8 Å². The van der Waals surface area contributed by atoms with Crippen LogP contribution in [0.4, 0.5) is 5.69 Å². The molecular formula is C12H10N4O3. The highest BCUT2D eigenvalue weighted by Crippen LogP contribution is 2.21. The molecule has 0 aliphatic rings. The van der Waals surface area contributed by atoms with Crippen LogP contribution in [0.25, 0.3) is 11.4 Å². The Hall–Kier alpha value is -2.75. The third kappa shape index (κ3) is 3.13. The van der Waals surface area contributed by atoms with Crippen molar-refractivity contribution in [2.45, 2.75) is 19.3 Å². The van der Waals surface area contributed by atoms with Crippen molar-refractivity contribution in [2.24, 2.45) is 0 Å². The van der Waals surface area contributed by atoms with Crippen LogP contribution in [-0.2, 0) is 6.42 Å². The van der Waals surface area contributed by atoms with Crippen LogP contribution in [0.3, 0.4) is 0 Å². The van der Waals surface area contributed by atoms with E-state index in [0.29, 0.717) is 36.5 Å². The molecule has 2 rings (SSSR count). The number of nitriles is 1. The van der Waals surface area contributed by atoms with Crippen LogP contribution in [-0.4, -0.2) is 15.1 Å². The Morgan fingerprint density at radius 2 is 2.32 bits per heavy atom. The first-order valence-corrected chi connectivity index (χ1v) is 5.65. The Morgan fingerprint density at radius 1 is 1.47 bits per heavy atom. The lowest BCUT2D eigenvalue weighted by molar-refractivity contribution is -0.384. The van der Waals surface area contributed by atoms with Crippen LogP contribution in [0.1, 0.15) is 18.7 Å². The number of aryl methyl sites for hydroxylation is 1. The van der Waals surface area contributed by atoms with Gasteiger partial charge in [0.05, 0.1) is 11.0 Å². The van der Waals surface area contributed by atoms with E-state index in [1.54, 1.807) is 12.1 Å². The summed E-state index contributed by atoms with van der Waals surface area (Å²) in [5.74, 6) is 0.743. The molecule has 1 aromatic carbocycles. The quantitative estimate of drug-likeness (QED) is 0.463. The number of unbranched alkanes of at least 4 members (excludes halogenated alkanes) is 1. The van der Waals surface area contributed by atoms with Crippen molar-refractivity contribution in [3.63, 3.8) is 0 Å². The molecule has 96 valence electrons. The van der Waals surface area contributed by atoms with E-state index in [1.165, 1.54) is 12.1 Å². The monoisotopic (exact) mass is 258 g/mol. The predicted octanol–water partition coefficient (Wildman–Crippen LogP) is 2.49. The summed E-state index contributed by atoms with van der Waals surface area (Å²) < 4.78 is 5.03. The van der Waals surface area contributed by atoms with Crippen molar-refractivity contribution < 1.29 is 9.45 Å². The number of nitrogens with zero attached hydrogens (tertiary/aromatic N) is 4. The molecule has 0 saturated carbocycles. The number of nitro groups is 1. The van der Waals surface area contributed by atoms with Crippen LogP contribution >= 0.6 is 0 Å². The molecule has 1 heterocycles. The number of benzene rings is 1. The summed E-state index contributed by atoms with van der Waals surface area (Å²) in [6.07, 6.45) is 1.59. The molecule has 0 unspecified atom stereocenters. The normalized spacial score (nSPS) is 10.1. The van der Waals surface area contributed by atoms with Gasteiger partial charge < -0.3 is 4.52 Å². The molecule has 0 saturated heterocycles. The summed E-state index contributed by atoms with van der Waals surface area (Å²) in [5, 5.41) is 22.9. The molecule has 7 nitrogen and oxygen atoms in total. The van der Waals surface area contributed by atoms with Gasteiger partial charge in [0, 0.05) is 30.5 Å². The number of aromatic nitrogens is 2. The van der Waals surface area contributed by atoms with E-state index in [1.807, 2.05) is 6.07 Å². The Labute approximate surface area is 108 Å². The van der Waals surface area contributed by atoms with Gasteiger partial charge in [-0.1, -0.05) is 17.3 Å². The summed E-state index contributed by atoms with van der Waals surface area (Å²) in [7, 11) is 0. The zero-order valence-corrected chi connectivity index (χ0v) is 9.94. The number of non-ortho nitro benzene ring substituents is 1. The maximum Gasteiger partial charge on any atom is 0.270 e. The minimum absolute atomic E-state index is 0.0201. The maximum absolute atomic E-state index is 10.7. The number of hydrogen-bond donors (Lipinski definition) is 0. The lowest BCUT2D eigenvalue weighted by atomic mass is 10.2. The predicted molar refractivity (Wildman–Crippen MR) is 64.9 cm³/mol. The molecule has 0 bridgehead atoms. The van der Waals surface area contributed by atoms with Gasteiger partial charge in [-0.05, 0) is 6.42 Å². The highest BCUT2D eigenvalue weighted by atomic mass is 16.6. The Morgan fingerprint density at radius 3 is 3.05 bits per heavy atom. The first-order chi connectivity index (χ1) is 9.20. The molecule has 1 aromatic heterocycles. The second kappa shape index (κ2) is 5.73. The average Bonchev–Trinajstić information content (AvgIpc) is 2.88. The first kappa shape index (κ1) is 12.7. The Balaban J connectivity index is 2.16. The SMILES string of the molecule is N#CCCCc1nc(-c2cccc([N+](=O)[O-])c2)no1. The van der Waals surface area contributed by atoms with Crippen molar-refractivity contribution >= 4 is 5.69 Å². The molecule has 0 radical (unpaired) electrons. The number of nitro benzene ring substituents is 1. The van der Waals surface area contributed by atoms with Crippen molar-refractivity contribution in [3.05, 3.63) is 40.3 Å². The van der Waals surface area contributed by atoms with Gasteiger partial charge >= 0.3 is 0 Å². The van der Waals surface area contributed by atoms with Crippen LogP contribution in [0.5, 0.6) is 0 Å². The summed E-state index contributed by atoms with van der Waals surface area (Å²) in [6.45, 7) is 0. The summed E-state index contributed by atoms with van der Waals surface area (Å²) >= 11 is 0. The van der Waals surface area contributed by atoms with Crippen LogP contribution in [0.2, 0.25) is 0 Å². The molecule has 19 heavy (non-hydrogen) atoms. The molecule has 0 N–H and O–H groups in total. The molecular weight excluding hydrogens is 248 g/mol. The van der Waals surface area contributed by atoms with E-state index in [-0.39, 0.29) is 5.69 Å². The zero-order chi connectivity index (χ0) is 13.7. The molecule has 0 fully saturated rings. The lowest BCUT2D eigenvalue weighted by Gasteiger charge is -1.94. The van der Waals surface area contributed by atoms with Crippen molar-refractivity contribution in [3.8, 4) is 17.5 Å². The maximum atomic E-state index is 10.7. The van der Waals surface area contributed by atoms with E-state index >= 15 is 0 Å². The van der Waals surface area contributed by atoms with Crippen molar-refractivity contribution in [1.29, 1.82) is 5.26 Å².